The van der Waals surface area contributed by atoms with E-state index in [0.717, 1.165) is 33.4 Å². The van der Waals surface area contributed by atoms with Crippen LogP contribution in [-0.4, -0.2) is 30.3 Å². The van der Waals surface area contributed by atoms with Gasteiger partial charge in [-0.05, 0) is 38.0 Å². The van der Waals surface area contributed by atoms with Gasteiger partial charge in [0.15, 0.2) is 5.65 Å². The molecule has 160 valence electrons. The lowest BCUT2D eigenvalue weighted by molar-refractivity contribution is -0.0328. The van der Waals surface area contributed by atoms with Gasteiger partial charge in [-0.3, -0.25) is 0 Å². The first-order valence-electron chi connectivity index (χ1n) is 11.0. The summed E-state index contributed by atoms with van der Waals surface area (Å²) in [6.07, 6.45) is 3.06. The molecular weight excluding hydrogens is 410 g/mol. The van der Waals surface area contributed by atoms with Crippen molar-refractivity contribution in [2.75, 3.05) is 0 Å². The second-order valence-electron chi connectivity index (χ2n) is 9.01. The normalized spacial score (nSPS) is 20.0. The minimum Gasteiger partial charge on any atom is -0.390 e. The molecule has 6 nitrogen and oxygen atoms in total. The molecule has 33 heavy (non-hydrogen) atoms. The Morgan fingerprint density at radius 3 is 2.58 bits per heavy atom. The SMILES string of the molecule is CC1(O)CC(c2ccnc3c(C#N)c(-c4ccc5ccc(-c6ccccc6)nc5c4)nn23)C1. The van der Waals surface area contributed by atoms with E-state index in [4.69, 9.17) is 10.1 Å². The van der Waals surface area contributed by atoms with Crippen LogP contribution in [0, 0.1) is 11.3 Å². The van der Waals surface area contributed by atoms with Crippen LogP contribution in [0.3, 0.4) is 0 Å². The Hall–Kier alpha value is -4.08. The van der Waals surface area contributed by atoms with Gasteiger partial charge in [0.1, 0.15) is 17.3 Å². The Balaban J connectivity index is 1.48. The maximum atomic E-state index is 10.2. The fourth-order valence-corrected chi connectivity index (χ4v) is 4.82. The Labute approximate surface area is 190 Å². The number of benzene rings is 2. The van der Waals surface area contributed by atoms with Crippen molar-refractivity contribution in [2.45, 2.75) is 31.3 Å². The third-order valence-corrected chi connectivity index (χ3v) is 6.49. The highest BCUT2D eigenvalue weighted by molar-refractivity contribution is 5.87. The maximum Gasteiger partial charge on any atom is 0.173 e. The number of rotatable bonds is 3. The summed E-state index contributed by atoms with van der Waals surface area (Å²) in [6.45, 7) is 1.85. The van der Waals surface area contributed by atoms with Gasteiger partial charge in [0.2, 0.25) is 0 Å². The molecule has 1 fully saturated rings. The lowest BCUT2D eigenvalue weighted by atomic mass is 9.70. The van der Waals surface area contributed by atoms with Gasteiger partial charge >= 0.3 is 0 Å². The lowest BCUT2D eigenvalue weighted by Crippen LogP contribution is -2.40. The van der Waals surface area contributed by atoms with Gasteiger partial charge in [0, 0.05) is 34.3 Å². The first-order chi connectivity index (χ1) is 16.0. The summed E-state index contributed by atoms with van der Waals surface area (Å²) in [4.78, 5) is 9.32. The highest BCUT2D eigenvalue weighted by Gasteiger charge is 2.40. The highest BCUT2D eigenvalue weighted by Crippen LogP contribution is 2.44. The van der Waals surface area contributed by atoms with Crippen LogP contribution in [0.4, 0.5) is 0 Å². The number of pyridine rings is 1. The number of aliphatic hydroxyl groups is 1. The average molecular weight is 431 g/mol. The summed E-state index contributed by atoms with van der Waals surface area (Å²) in [7, 11) is 0. The number of hydrogen-bond acceptors (Lipinski definition) is 5. The average Bonchev–Trinajstić information content (AvgIpc) is 3.21. The van der Waals surface area contributed by atoms with Crippen LogP contribution in [0.2, 0.25) is 0 Å². The van der Waals surface area contributed by atoms with Crippen molar-refractivity contribution in [1.82, 2.24) is 19.6 Å². The van der Waals surface area contributed by atoms with E-state index < -0.39 is 5.60 Å². The van der Waals surface area contributed by atoms with E-state index in [1.165, 1.54) is 0 Å². The molecule has 2 aromatic carbocycles. The molecule has 3 aromatic heterocycles. The summed E-state index contributed by atoms with van der Waals surface area (Å²) >= 11 is 0. The van der Waals surface area contributed by atoms with Gasteiger partial charge in [-0.15, -0.1) is 0 Å². The van der Waals surface area contributed by atoms with Gasteiger partial charge in [0.05, 0.1) is 16.8 Å². The Morgan fingerprint density at radius 1 is 1.03 bits per heavy atom. The number of aromatic nitrogens is 4. The van der Waals surface area contributed by atoms with Crippen LogP contribution in [0.25, 0.3) is 39.1 Å². The van der Waals surface area contributed by atoms with E-state index in [1.807, 2.05) is 67.6 Å². The van der Waals surface area contributed by atoms with Crippen molar-refractivity contribution in [3.63, 3.8) is 0 Å². The van der Waals surface area contributed by atoms with E-state index in [1.54, 1.807) is 10.7 Å². The predicted octanol–water partition coefficient (Wildman–Crippen LogP) is 5.11. The summed E-state index contributed by atoms with van der Waals surface area (Å²) in [5, 5.41) is 26.0. The van der Waals surface area contributed by atoms with Crippen molar-refractivity contribution in [3.8, 4) is 28.6 Å². The number of fused-ring (bicyclic) bond motifs is 2. The predicted molar refractivity (Wildman–Crippen MR) is 126 cm³/mol. The topological polar surface area (TPSA) is 87.1 Å². The number of hydrogen-bond donors (Lipinski definition) is 1. The van der Waals surface area contributed by atoms with Crippen molar-refractivity contribution in [3.05, 3.63) is 84.2 Å². The molecule has 0 spiro atoms. The van der Waals surface area contributed by atoms with E-state index >= 15 is 0 Å². The van der Waals surface area contributed by atoms with Crippen LogP contribution in [-0.2, 0) is 0 Å². The van der Waals surface area contributed by atoms with Crippen LogP contribution < -0.4 is 0 Å². The van der Waals surface area contributed by atoms with E-state index in [2.05, 4.69) is 17.1 Å². The van der Waals surface area contributed by atoms with Crippen molar-refractivity contribution >= 4 is 16.6 Å². The van der Waals surface area contributed by atoms with Crippen LogP contribution >= 0.6 is 0 Å². The van der Waals surface area contributed by atoms with Crippen LogP contribution in [0.1, 0.15) is 36.9 Å². The molecule has 0 unspecified atom stereocenters. The third kappa shape index (κ3) is 3.25. The smallest absolute Gasteiger partial charge is 0.173 e. The molecule has 1 aliphatic rings. The molecule has 6 rings (SSSR count). The molecule has 3 heterocycles. The monoisotopic (exact) mass is 431 g/mol. The zero-order valence-corrected chi connectivity index (χ0v) is 18.1. The fraction of sp³-hybridized carbons (Fsp3) is 0.185. The molecule has 1 N–H and O–H groups in total. The van der Waals surface area contributed by atoms with Gasteiger partial charge in [-0.2, -0.15) is 10.4 Å². The fourth-order valence-electron chi connectivity index (χ4n) is 4.82. The third-order valence-electron chi connectivity index (χ3n) is 6.49. The van der Waals surface area contributed by atoms with E-state index in [-0.39, 0.29) is 5.92 Å². The second kappa shape index (κ2) is 7.22. The van der Waals surface area contributed by atoms with Crippen LogP contribution in [0.15, 0.2) is 72.9 Å². The minimum atomic E-state index is -0.644. The van der Waals surface area contributed by atoms with E-state index in [9.17, 15) is 10.4 Å². The van der Waals surface area contributed by atoms with Crippen molar-refractivity contribution in [1.29, 1.82) is 5.26 Å². The lowest BCUT2D eigenvalue weighted by Gasteiger charge is -2.40. The minimum absolute atomic E-state index is 0.191. The van der Waals surface area contributed by atoms with Crippen LogP contribution in [0.5, 0.6) is 0 Å². The first kappa shape index (κ1) is 19.6. The molecule has 6 heteroatoms. The van der Waals surface area contributed by atoms with Gasteiger partial charge in [0.25, 0.3) is 0 Å². The Bertz CT molecular complexity index is 1550. The van der Waals surface area contributed by atoms with Gasteiger partial charge < -0.3 is 5.11 Å². The zero-order chi connectivity index (χ0) is 22.6. The molecule has 1 aliphatic carbocycles. The molecule has 0 aliphatic heterocycles. The molecule has 1 saturated carbocycles. The van der Waals surface area contributed by atoms with E-state index in [0.29, 0.717) is 29.7 Å². The molecule has 0 radical (unpaired) electrons. The standard InChI is InChI=1S/C27H21N5O/c1-27(33)14-20(15-27)24-11-12-29-26-21(16-28)25(31-32(24)26)19-8-7-18-9-10-22(30-23(18)13-19)17-5-3-2-4-6-17/h2-13,20,33H,14-15H2,1H3. The zero-order valence-electron chi connectivity index (χ0n) is 18.1. The van der Waals surface area contributed by atoms with Crippen molar-refractivity contribution < 1.29 is 5.11 Å². The number of nitrogens with zero attached hydrogens (tertiary/aromatic N) is 5. The molecular formula is C27H21N5O. The number of nitriles is 1. The largest absolute Gasteiger partial charge is 0.390 e. The van der Waals surface area contributed by atoms with Crippen molar-refractivity contribution in [2.24, 2.45) is 0 Å². The molecule has 5 aromatic rings. The molecule has 0 amide bonds. The molecule has 0 atom stereocenters. The summed E-state index contributed by atoms with van der Waals surface area (Å²) in [5.41, 5.74) is 5.54. The van der Waals surface area contributed by atoms with Gasteiger partial charge in [-0.1, -0.05) is 48.5 Å². The second-order valence-corrected chi connectivity index (χ2v) is 9.01. The summed E-state index contributed by atoms with van der Waals surface area (Å²) in [5.74, 6) is 0.191. The van der Waals surface area contributed by atoms with Gasteiger partial charge in [-0.25, -0.2) is 14.5 Å². The molecule has 0 saturated heterocycles. The highest BCUT2D eigenvalue weighted by atomic mass is 16.3. The Morgan fingerprint density at radius 2 is 1.82 bits per heavy atom. The first-order valence-corrected chi connectivity index (χ1v) is 11.0. The summed E-state index contributed by atoms with van der Waals surface area (Å²) in [6, 6.07) is 24.4. The Kier molecular flexibility index (Phi) is 4.29. The quantitative estimate of drug-likeness (QED) is 0.429. The molecule has 0 bridgehead atoms. The maximum absolute atomic E-state index is 10.2. The summed E-state index contributed by atoms with van der Waals surface area (Å²) < 4.78 is 1.77.